The fourth-order valence-corrected chi connectivity index (χ4v) is 8.87. The first-order valence-corrected chi connectivity index (χ1v) is 22.7. The predicted molar refractivity (Wildman–Crippen MR) is 236 cm³/mol. The molecule has 2 bridgehead atoms. The van der Waals surface area contributed by atoms with Crippen LogP contribution in [0.1, 0.15) is 61.1 Å². The van der Waals surface area contributed by atoms with Crippen molar-refractivity contribution in [2.45, 2.75) is 70.7 Å². The normalized spacial score (nSPS) is 18.4. The summed E-state index contributed by atoms with van der Waals surface area (Å²) >= 11 is 0. The maximum atomic E-state index is 14.3. The number of hydrogen-bond acceptors (Lipinski definition) is 16. The molecule has 350 valence electrons. The number of aliphatic carboxylic acids is 2. The van der Waals surface area contributed by atoms with Gasteiger partial charge in [0.25, 0.3) is 5.91 Å². The lowest BCUT2D eigenvalue weighted by Crippen LogP contribution is -2.46. The molecule has 0 radical (unpaired) electrons. The summed E-state index contributed by atoms with van der Waals surface area (Å²) in [7, 11) is -3.70. The molecule has 2 aliphatic rings. The lowest BCUT2D eigenvalue weighted by molar-refractivity contribution is -0.140. The second-order valence-electron chi connectivity index (χ2n) is 15.2. The van der Waals surface area contributed by atoms with Crippen LogP contribution >= 0.6 is 7.82 Å². The zero-order chi connectivity index (χ0) is 47.4. The molecule has 5 atom stereocenters. The zero-order valence-electron chi connectivity index (χ0n) is 36.0. The van der Waals surface area contributed by atoms with Crippen molar-refractivity contribution < 1.29 is 57.1 Å². The molecule has 3 amide bonds. The Balaban J connectivity index is 1.12. The Hall–Kier alpha value is -6.71. The number of carboxylic acid groups (broad SMARTS) is 2. The van der Waals surface area contributed by atoms with Crippen molar-refractivity contribution in [3.8, 4) is 0 Å². The van der Waals surface area contributed by atoms with Gasteiger partial charge in [-0.05, 0) is 69.0 Å². The van der Waals surface area contributed by atoms with Crippen LogP contribution in [0.4, 0.5) is 11.6 Å². The molecule has 2 aromatic carbocycles. The molecule has 4 aromatic rings. The number of anilines is 2. The molecule has 7 N–H and O–H groups in total. The Bertz CT molecular complexity index is 2550. The first-order valence-electron chi connectivity index (χ1n) is 21.2. The Morgan fingerprint density at radius 1 is 0.909 bits per heavy atom. The van der Waals surface area contributed by atoms with E-state index in [1.54, 1.807) is 32.1 Å². The number of phosphoric acid groups is 1. The molecular formula is C43H50N9O13P. The van der Waals surface area contributed by atoms with Gasteiger partial charge in [0.2, 0.25) is 17.8 Å². The van der Waals surface area contributed by atoms with Crippen LogP contribution in [-0.4, -0.2) is 115 Å². The fraction of sp³-hybridized carbons (Fsp3) is 0.395. The van der Waals surface area contributed by atoms with E-state index in [9.17, 15) is 43.2 Å². The number of ketones is 1. The largest absolute Gasteiger partial charge is 0.481 e. The van der Waals surface area contributed by atoms with Gasteiger partial charge in [-0.15, -0.1) is 0 Å². The summed E-state index contributed by atoms with van der Waals surface area (Å²) in [6.07, 6.45) is 4.51. The fourth-order valence-electron chi connectivity index (χ4n) is 7.66. The van der Waals surface area contributed by atoms with Crippen LogP contribution in [0.2, 0.25) is 0 Å². The maximum absolute atomic E-state index is 14.3. The summed E-state index contributed by atoms with van der Waals surface area (Å²) in [6, 6.07) is 12.3. The Morgan fingerprint density at radius 3 is 2.32 bits per heavy atom. The van der Waals surface area contributed by atoms with Crippen molar-refractivity contribution in [3.63, 3.8) is 0 Å². The number of aromatic nitrogens is 4. The summed E-state index contributed by atoms with van der Waals surface area (Å²) in [6.45, 7) is 4.19. The molecule has 2 unspecified atom stereocenters. The van der Waals surface area contributed by atoms with Crippen LogP contribution < -0.4 is 26.8 Å². The van der Waals surface area contributed by atoms with Gasteiger partial charge in [0.1, 0.15) is 6.04 Å². The molecule has 1 fully saturated rings. The summed E-state index contributed by atoms with van der Waals surface area (Å²) in [4.78, 5) is 108. The van der Waals surface area contributed by atoms with E-state index in [4.69, 9.17) is 18.7 Å². The van der Waals surface area contributed by atoms with Crippen LogP contribution in [0.15, 0.2) is 77.7 Å². The van der Waals surface area contributed by atoms with Gasteiger partial charge in [-0.1, -0.05) is 36.4 Å². The second-order valence-corrected chi connectivity index (χ2v) is 16.9. The predicted octanol–water partition coefficient (Wildman–Crippen LogP) is 3.03. The molecule has 0 spiro atoms. The molecule has 2 aliphatic heterocycles. The Labute approximate surface area is 377 Å². The van der Waals surface area contributed by atoms with Crippen molar-refractivity contribution >= 4 is 66.1 Å². The van der Waals surface area contributed by atoms with E-state index in [1.165, 1.54) is 24.4 Å². The van der Waals surface area contributed by atoms with Crippen LogP contribution in [0.25, 0.3) is 11.2 Å². The highest BCUT2D eigenvalue weighted by molar-refractivity contribution is 7.48. The molecule has 22 nitrogen and oxygen atoms in total. The third-order valence-electron chi connectivity index (χ3n) is 10.7. The van der Waals surface area contributed by atoms with E-state index in [0.717, 1.165) is 5.56 Å². The van der Waals surface area contributed by atoms with Crippen molar-refractivity contribution in [1.29, 1.82) is 0 Å². The van der Waals surface area contributed by atoms with E-state index in [2.05, 4.69) is 41.2 Å². The molecule has 2 aromatic heterocycles. The molecule has 0 saturated carbocycles. The van der Waals surface area contributed by atoms with Gasteiger partial charge in [-0.3, -0.25) is 52.6 Å². The van der Waals surface area contributed by atoms with Gasteiger partial charge < -0.3 is 31.1 Å². The average Bonchev–Trinajstić information content (AvgIpc) is 3.52. The molecule has 23 heteroatoms. The first-order chi connectivity index (χ1) is 31.7. The van der Waals surface area contributed by atoms with Gasteiger partial charge in [0.05, 0.1) is 56.1 Å². The van der Waals surface area contributed by atoms with E-state index in [1.807, 2.05) is 35.2 Å². The number of H-pyrrole nitrogens is 1. The van der Waals surface area contributed by atoms with Gasteiger partial charge in [0.15, 0.2) is 16.9 Å². The van der Waals surface area contributed by atoms with Crippen LogP contribution in [0, 0.1) is 11.8 Å². The highest BCUT2D eigenvalue weighted by Crippen LogP contribution is 2.49. The number of nitrogens with zero attached hydrogens (tertiary/aromatic N) is 4. The molecule has 66 heavy (non-hydrogen) atoms. The number of phosphoric ester groups is 1. The minimum Gasteiger partial charge on any atom is -0.481 e. The number of rotatable bonds is 24. The quantitative estimate of drug-likeness (QED) is 0.0392. The second kappa shape index (κ2) is 22.5. The van der Waals surface area contributed by atoms with E-state index in [0.29, 0.717) is 24.2 Å². The SMILES string of the molecule is CCOP(=O)(OCC)OCCCCNC(=O)C1C(C(=O)Nc2nc(=O)c3nc(CNc4ccc(C(=O)N[C@H](CCC(=O)O)C(=O)O)cc4)cnc3[nH]2)[C@H]2C(=O)C=C[C@@H]1N2Cc1ccccc1. The van der Waals surface area contributed by atoms with Gasteiger partial charge in [-0.25, -0.2) is 19.3 Å². The standard InChI is InChI=1S/C43H50N9O13P/c1-3-63-66(62,64-4-2)65-21-9-8-20-44-39(57)33-30-17-18-31(53)36(52(30)24-25-10-6-5-7-11-25)34(33)40(58)50-43-49-37-35(41(59)51-43)47-28(23-46-37)22-45-27-14-12-26(13-15-27)38(56)48-29(42(60)61)16-19-32(54)55/h5-7,10-15,17-18,23,29-30,33-34,36,45H,3-4,8-9,16,19-22,24H2,1-2H3,(H,44,57)(H,48,56)(H,54,55)(H,60,61)(H2,46,49,50,51,58,59)/t29-,30+,33?,34?,36-/m1/s1. The molecule has 6 rings (SSSR count). The molecule has 4 heterocycles. The lowest BCUT2D eigenvalue weighted by atomic mass is 9.86. The monoisotopic (exact) mass is 931 g/mol. The van der Waals surface area contributed by atoms with Crippen LogP contribution in [0.5, 0.6) is 0 Å². The Kier molecular flexibility index (Phi) is 16.6. The smallest absolute Gasteiger partial charge is 0.474 e. The number of benzene rings is 2. The number of fused-ring (bicyclic) bond motifs is 3. The summed E-state index contributed by atoms with van der Waals surface area (Å²) in [5, 5.41) is 29.1. The van der Waals surface area contributed by atoms with Crippen LogP contribution in [-0.2, 0) is 55.2 Å². The van der Waals surface area contributed by atoms with Crippen LogP contribution in [0.3, 0.4) is 0 Å². The van der Waals surface area contributed by atoms with Gasteiger partial charge in [0, 0.05) is 36.8 Å². The lowest BCUT2D eigenvalue weighted by Gasteiger charge is -2.31. The number of nitrogens with one attached hydrogen (secondary N) is 5. The highest BCUT2D eigenvalue weighted by atomic mass is 31.2. The number of hydrogen-bond donors (Lipinski definition) is 7. The number of carbonyl (C=O) groups is 6. The molecule has 0 aliphatic carbocycles. The Morgan fingerprint density at radius 2 is 1.64 bits per heavy atom. The van der Waals surface area contributed by atoms with E-state index < -0.39 is 79.4 Å². The minimum atomic E-state index is -3.70. The third kappa shape index (κ3) is 12.3. The number of carbonyl (C=O) groups excluding carboxylic acids is 4. The van der Waals surface area contributed by atoms with Crippen molar-refractivity contribution in [3.05, 3.63) is 100 Å². The number of amides is 3. The summed E-state index contributed by atoms with van der Waals surface area (Å²) in [5.41, 5.74) is 0.912. The van der Waals surface area contributed by atoms with Gasteiger partial charge >= 0.3 is 25.3 Å². The van der Waals surface area contributed by atoms with Crippen molar-refractivity contribution in [2.24, 2.45) is 11.8 Å². The summed E-state index contributed by atoms with van der Waals surface area (Å²) < 4.78 is 28.3. The number of carboxylic acids is 2. The topological polar surface area (TPSA) is 311 Å². The summed E-state index contributed by atoms with van der Waals surface area (Å²) in [5.74, 6) is -7.32. The minimum absolute atomic E-state index is 0.00168. The average molecular weight is 932 g/mol. The van der Waals surface area contributed by atoms with Gasteiger partial charge in [-0.2, -0.15) is 4.98 Å². The first kappa shape index (κ1) is 48.7. The van der Waals surface area contributed by atoms with Crippen molar-refractivity contribution in [2.75, 3.05) is 37.0 Å². The third-order valence-corrected chi connectivity index (χ3v) is 12.3. The number of aromatic amines is 1. The van der Waals surface area contributed by atoms with Crippen molar-refractivity contribution in [1.82, 2.24) is 35.5 Å². The highest BCUT2D eigenvalue weighted by Gasteiger charge is 2.58. The van der Waals surface area contributed by atoms with E-state index in [-0.39, 0.29) is 74.3 Å². The molecule has 1 saturated heterocycles. The zero-order valence-corrected chi connectivity index (χ0v) is 36.9. The molecular weight excluding hydrogens is 881 g/mol. The maximum Gasteiger partial charge on any atom is 0.474 e. The van der Waals surface area contributed by atoms with E-state index >= 15 is 0 Å². The number of unbranched alkanes of at least 4 members (excludes halogenated alkanes) is 1.